The second-order valence-corrected chi connectivity index (χ2v) is 7.02. The van der Waals surface area contributed by atoms with Gasteiger partial charge in [-0.3, -0.25) is 0 Å². The number of carbonyl (C=O) groups is 1. The van der Waals surface area contributed by atoms with E-state index in [1.807, 2.05) is 36.1 Å². The molecular weight excluding hydrogens is 342 g/mol. The SMILES string of the molecule is CCOC(=O)N1CCC(Cc2nc3ccccc3n2Cc2ccco2)CC1. The molecule has 27 heavy (non-hydrogen) atoms. The molecule has 0 bridgehead atoms. The fraction of sp³-hybridized carbons (Fsp3) is 0.429. The second-order valence-electron chi connectivity index (χ2n) is 7.02. The number of piperidine rings is 1. The summed E-state index contributed by atoms with van der Waals surface area (Å²) in [6.07, 6.45) is 4.37. The molecule has 0 radical (unpaired) electrons. The molecular formula is C21H25N3O3. The van der Waals surface area contributed by atoms with Crippen molar-refractivity contribution in [3.8, 4) is 0 Å². The summed E-state index contributed by atoms with van der Waals surface area (Å²) in [5.74, 6) is 2.53. The van der Waals surface area contributed by atoms with Gasteiger partial charge in [-0.15, -0.1) is 0 Å². The smallest absolute Gasteiger partial charge is 0.409 e. The maximum Gasteiger partial charge on any atom is 0.409 e. The summed E-state index contributed by atoms with van der Waals surface area (Å²) >= 11 is 0. The molecule has 1 aliphatic heterocycles. The first-order valence-electron chi connectivity index (χ1n) is 9.63. The highest BCUT2D eigenvalue weighted by molar-refractivity contribution is 5.76. The van der Waals surface area contributed by atoms with Gasteiger partial charge in [-0.05, 0) is 49.9 Å². The molecule has 0 N–H and O–H groups in total. The summed E-state index contributed by atoms with van der Waals surface area (Å²) < 4.78 is 12.9. The topological polar surface area (TPSA) is 60.5 Å². The number of para-hydroxylation sites is 2. The molecule has 0 spiro atoms. The van der Waals surface area contributed by atoms with E-state index in [0.717, 1.165) is 55.0 Å². The summed E-state index contributed by atoms with van der Waals surface area (Å²) in [4.78, 5) is 18.6. The Morgan fingerprint density at radius 2 is 2.04 bits per heavy atom. The third kappa shape index (κ3) is 3.84. The van der Waals surface area contributed by atoms with Gasteiger partial charge in [0.15, 0.2) is 0 Å². The fourth-order valence-electron chi connectivity index (χ4n) is 3.81. The lowest BCUT2D eigenvalue weighted by Gasteiger charge is -2.31. The van der Waals surface area contributed by atoms with Crippen LogP contribution in [0.25, 0.3) is 11.0 Å². The van der Waals surface area contributed by atoms with Crippen molar-refractivity contribution in [3.63, 3.8) is 0 Å². The lowest BCUT2D eigenvalue weighted by Crippen LogP contribution is -2.39. The van der Waals surface area contributed by atoms with Gasteiger partial charge >= 0.3 is 6.09 Å². The summed E-state index contributed by atoms with van der Waals surface area (Å²) in [6.45, 7) is 4.46. The van der Waals surface area contributed by atoms with Crippen LogP contribution in [0.2, 0.25) is 0 Å². The van der Waals surface area contributed by atoms with E-state index >= 15 is 0 Å². The van der Waals surface area contributed by atoms with Crippen LogP contribution in [0.3, 0.4) is 0 Å². The average Bonchev–Trinajstić information content (AvgIpc) is 3.31. The van der Waals surface area contributed by atoms with Crippen molar-refractivity contribution in [1.29, 1.82) is 0 Å². The number of aromatic nitrogens is 2. The summed E-state index contributed by atoms with van der Waals surface area (Å²) in [6, 6.07) is 12.1. The van der Waals surface area contributed by atoms with E-state index in [9.17, 15) is 4.79 Å². The standard InChI is InChI=1S/C21H25N3O3/c1-2-26-21(25)23-11-9-16(10-12-23)14-20-22-18-7-3-4-8-19(18)24(20)15-17-6-5-13-27-17/h3-8,13,16H,2,9-12,14-15H2,1H3. The maximum absolute atomic E-state index is 11.9. The van der Waals surface area contributed by atoms with Gasteiger partial charge in [0.25, 0.3) is 0 Å². The third-order valence-corrected chi connectivity index (χ3v) is 5.24. The number of hydrogen-bond acceptors (Lipinski definition) is 4. The van der Waals surface area contributed by atoms with E-state index in [2.05, 4.69) is 16.7 Å². The predicted octanol–water partition coefficient (Wildman–Crippen LogP) is 4.09. The van der Waals surface area contributed by atoms with Crippen LogP contribution in [-0.2, 0) is 17.7 Å². The number of benzene rings is 1. The molecule has 0 aliphatic carbocycles. The molecule has 1 aromatic carbocycles. The highest BCUT2D eigenvalue weighted by Crippen LogP contribution is 2.25. The van der Waals surface area contributed by atoms with Crippen LogP contribution in [0.4, 0.5) is 4.79 Å². The van der Waals surface area contributed by atoms with Crippen molar-refractivity contribution in [2.75, 3.05) is 19.7 Å². The Morgan fingerprint density at radius 3 is 2.78 bits per heavy atom. The van der Waals surface area contributed by atoms with Crippen LogP contribution < -0.4 is 0 Å². The molecule has 142 valence electrons. The van der Waals surface area contributed by atoms with Crippen molar-refractivity contribution in [3.05, 3.63) is 54.2 Å². The first-order valence-corrected chi connectivity index (χ1v) is 9.63. The molecule has 6 heteroatoms. The molecule has 0 atom stereocenters. The maximum atomic E-state index is 11.9. The van der Waals surface area contributed by atoms with Crippen LogP contribution >= 0.6 is 0 Å². The number of hydrogen-bond donors (Lipinski definition) is 0. The zero-order valence-electron chi connectivity index (χ0n) is 15.6. The fourth-order valence-corrected chi connectivity index (χ4v) is 3.81. The molecule has 1 saturated heterocycles. The summed E-state index contributed by atoms with van der Waals surface area (Å²) in [5, 5.41) is 0. The van der Waals surface area contributed by atoms with E-state index in [-0.39, 0.29) is 6.09 Å². The number of carbonyl (C=O) groups excluding carboxylic acids is 1. The minimum absolute atomic E-state index is 0.194. The zero-order chi connectivity index (χ0) is 18.6. The Kier molecular flexibility index (Phi) is 5.14. The van der Waals surface area contributed by atoms with E-state index in [4.69, 9.17) is 14.1 Å². The van der Waals surface area contributed by atoms with Crippen molar-refractivity contribution < 1.29 is 13.9 Å². The van der Waals surface area contributed by atoms with Gasteiger partial charge < -0.3 is 18.6 Å². The van der Waals surface area contributed by atoms with Gasteiger partial charge in [0.1, 0.15) is 11.6 Å². The van der Waals surface area contributed by atoms with Gasteiger partial charge in [0.2, 0.25) is 0 Å². The predicted molar refractivity (Wildman–Crippen MR) is 103 cm³/mol. The quantitative estimate of drug-likeness (QED) is 0.681. The van der Waals surface area contributed by atoms with E-state index < -0.39 is 0 Å². The van der Waals surface area contributed by atoms with Gasteiger partial charge in [-0.2, -0.15) is 0 Å². The van der Waals surface area contributed by atoms with Crippen LogP contribution in [0, 0.1) is 5.92 Å². The number of nitrogens with zero attached hydrogens (tertiary/aromatic N) is 3. The van der Waals surface area contributed by atoms with Crippen molar-refractivity contribution in [2.45, 2.75) is 32.7 Å². The van der Waals surface area contributed by atoms with Crippen molar-refractivity contribution in [2.24, 2.45) is 5.92 Å². The minimum Gasteiger partial charge on any atom is -0.467 e. The van der Waals surface area contributed by atoms with E-state index in [0.29, 0.717) is 19.1 Å². The molecule has 2 aromatic heterocycles. The molecule has 0 saturated carbocycles. The molecule has 1 fully saturated rings. The normalized spacial score (nSPS) is 15.4. The first-order chi connectivity index (χ1) is 13.2. The molecule has 3 heterocycles. The highest BCUT2D eigenvalue weighted by Gasteiger charge is 2.25. The Hall–Kier alpha value is -2.76. The molecule has 1 aliphatic rings. The zero-order valence-corrected chi connectivity index (χ0v) is 15.6. The van der Waals surface area contributed by atoms with Crippen LogP contribution in [0.1, 0.15) is 31.4 Å². The van der Waals surface area contributed by atoms with Gasteiger partial charge in [-0.1, -0.05) is 12.1 Å². The minimum atomic E-state index is -0.194. The molecule has 1 amide bonds. The van der Waals surface area contributed by atoms with E-state index in [1.165, 1.54) is 0 Å². The Bertz CT molecular complexity index is 893. The lowest BCUT2D eigenvalue weighted by molar-refractivity contribution is 0.0916. The highest BCUT2D eigenvalue weighted by atomic mass is 16.6. The number of imidazole rings is 1. The Balaban J connectivity index is 1.50. The first kappa shape index (κ1) is 17.6. The number of furan rings is 1. The number of amides is 1. The Labute approximate surface area is 158 Å². The molecule has 6 nitrogen and oxygen atoms in total. The summed E-state index contributed by atoms with van der Waals surface area (Å²) in [5.41, 5.74) is 2.15. The number of rotatable bonds is 5. The van der Waals surface area contributed by atoms with Crippen LogP contribution in [-0.4, -0.2) is 40.2 Å². The number of likely N-dealkylation sites (tertiary alicyclic amines) is 1. The van der Waals surface area contributed by atoms with Crippen molar-refractivity contribution in [1.82, 2.24) is 14.5 Å². The average molecular weight is 367 g/mol. The van der Waals surface area contributed by atoms with Gasteiger partial charge in [-0.25, -0.2) is 9.78 Å². The molecule has 3 aromatic rings. The van der Waals surface area contributed by atoms with Crippen LogP contribution in [0.5, 0.6) is 0 Å². The number of ether oxygens (including phenoxy) is 1. The monoisotopic (exact) mass is 367 g/mol. The largest absolute Gasteiger partial charge is 0.467 e. The van der Waals surface area contributed by atoms with Crippen molar-refractivity contribution >= 4 is 17.1 Å². The molecule has 4 rings (SSSR count). The second kappa shape index (κ2) is 7.86. The van der Waals surface area contributed by atoms with Crippen LogP contribution in [0.15, 0.2) is 47.1 Å². The molecule has 0 unspecified atom stereocenters. The number of fused-ring (bicyclic) bond motifs is 1. The van der Waals surface area contributed by atoms with Gasteiger partial charge in [0, 0.05) is 19.5 Å². The van der Waals surface area contributed by atoms with Gasteiger partial charge in [0.05, 0.1) is 30.4 Å². The van der Waals surface area contributed by atoms with E-state index in [1.54, 1.807) is 6.26 Å². The summed E-state index contributed by atoms with van der Waals surface area (Å²) in [7, 11) is 0. The lowest BCUT2D eigenvalue weighted by atomic mass is 9.93. The third-order valence-electron chi connectivity index (χ3n) is 5.24. The Morgan fingerprint density at radius 1 is 1.22 bits per heavy atom.